The fourth-order valence-electron chi connectivity index (χ4n) is 3.66. The van der Waals surface area contributed by atoms with Crippen molar-refractivity contribution in [2.24, 2.45) is 0 Å². The van der Waals surface area contributed by atoms with Crippen LogP contribution in [0.15, 0.2) is 53.4 Å². The Morgan fingerprint density at radius 3 is 2.33 bits per heavy atom. The average Bonchev–Trinajstić information content (AvgIpc) is 2.80. The molecule has 1 amide bonds. The van der Waals surface area contributed by atoms with Crippen LogP contribution in [-0.2, 0) is 10.0 Å². The molecule has 5 nitrogen and oxygen atoms in total. The summed E-state index contributed by atoms with van der Waals surface area (Å²) in [6.07, 6.45) is 4.10. The number of hydrogen-bond donors (Lipinski definition) is 1. The van der Waals surface area contributed by atoms with E-state index in [0.717, 1.165) is 19.3 Å². The summed E-state index contributed by atoms with van der Waals surface area (Å²) in [6, 6.07) is 14.2. The van der Waals surface area contributed by atoms with Gasteiger partial charge in [0.15, 0.2) is 0 Å². The Morgan fingerprint density at radius 2 is 1.63 bits per heavy atom. The Kier molecular flexibility index (Phi) is 7.08. The van der Waals surface area contributed by atoms with Gasteiger partial charge in [0.05, 0.1) is 9.48 Å². The number of carbonyl (C=O) groups is 1. The van der Waals surface area contributed by atoms with Gasteiger partial charge in [-0.2, -0.15) is 4.31 Å². The zero-order valence-electron chi connectivity index (χ0n) is 16.7. The number of amides is 1. The average molecular weight is 463 g/mol. The first-order valence-electron chi connectivity index (χ1n) is 10.3. The number of nitrogens with zero attached hydrogens (tertiary/aromatic N) is 1. The highest BCUT2D eigenvalue weighted by Crippen LogP contribution is 2.43. The molecule has 0 bridgehead atoms. The van der Waals surface area contributed by atoms with E-state index < -0.39 is 10.0 Å². The van der Waals surface area contributed by atoms with Crippen LogP contribution in [0.3, 0.4) is 0 Å². The number of hydrogen-bond acceptors (Lipinski definition) is 5. The molecule has 4 rings (SSSR count). The third-order valence-electron chi connectivity index (χ3n) is 5.32. The molecule has 2 aliphatic heterocycles. The Labute approximate surface area is 187 Å². The number of carbonyl (C=O) groups excluding carboxylic acids is 1. The van der Waals surface area contributed by atoms with Crippen LogP contribution in [-0.4, -0.2) is 43.2 Å². The van der Waals surface area contributed by atoms with Gasteiger partial charge in [-0.3, -0.25) is 4.79 Å². The number of anilines is 1. The lowest BCUT2D eigenvalue weighted by atomic mass is 10.1. The quantitative estimate of drug-likeness (QED) is 0.679. The molecule has 0 aromatic heterocycles. The minimum Gasteiger partial charge on any atom is -0.322 e. The van der Waals surface area contributed by atoms with Crippen LogP contribution in [0.5, 0.6) is 0 Å². The molecule has 2 aliphatic rings. The highest BCUT2D eigenvalue weighted by Gasteiger charge is 2.26. The molecule has 0 unspecified atom stereocenters. The van der Waals surface area contributed by atoms with E-state index >= 15 is 0 Å². The topological polar surface area (TPSA) is 66.5 Å². The standard InChI is InChI=1S/C22H26N2O3S3/c25-21(17-8-10-18(11-9-17)22-28-14-5-15-29-22)23-19-6-4-7-20(16-19)30(26,27)24-12-2-1-3-13-24/h4,6-11,16,22H,1-3,5,12-15H2,(H,23,25). The lowest BCUT2D eigenvalue weighted by Crippen LogP contribution is -2.35. The van der Waals surface area contributed by atoms with Crippen molar-refractivity contribution in [3.05, 3.63) is 59.7 Å². The number of benzene rings is 2. The molecule has 160 valence electrons. The highest BCUT2D eigenvalue weighted by molar-refractivity contribution is 8.16. The molecule has 0 spiro atoms. The second-order valence-corrected chi connectivity index (χ2v) is 12.2. The molecule has 1 N–H and O–H groups in total. The summed E-state index contributed by atoms with van der Waals surface area (Å²) in [6.45, 7) is 1.12. The van der Waals surface area contributed by atoms with E-state index in [-0.39, 0.29) is 10.8 Å². The van der Waals surface area contributed by atoms with Crippen LogP contribution in [0.4, 0.5) is 5.69 Å². The van der Waals surface area contributed by atoms with Gasteiger partial charge in [0.2, 0.25) is 10.0 Å². The predicted octanol–water partition coefficient (Wildman–Crippen LogP) is 4.98. The van der Waals surface area contributed by atoms with Crippen molar-refractivity contribution in [1.29, 1.82) is 0 Å². The van der Waals surface area contributed by atoms with Crippen LogP contribution in [0.1, 0.15) is 46.2 Å². The van der Waals surface area contributed by atoms with Crippen molar-refractivity contribution in [2.45, 2.75) is 35.2 Å². The monoisotopic (exact) mass is 462 g/mol. The van der Waals surface area contributed by atoms with Crippen LogP contribution >= 0.6 is 23.5 Å². The van der Waals surface area contributed by atoms with Gasteiger partial charge in [0, 0.05) is 24.3 Å². The summed E-state index contributed by atoms with van der Waals surface area (Å²) in [5.41, 5.74) is 2.28. The number of thioether (sulfide) groups is 2. The van der Waals surface area contributed by atoms with Crippen molar-refractivity contribution >= 4 is 45.1 Å². The SMILES string of the molecule is O=C(Nc1cccc(S(=O)(=O)N2CCCCC2)c1)c1ccc(C2SCCCS2)cc1. The van der Waals surface area contributed by atoms with Gasteiger partial charge < -0.3 is 5.32 Å². The van der Waals surface area contributed by atoms with Gasteiger partial charge in [-0.05, 0) is 66.7 Å². The second-order valence-electron chi connectivity index (χ2n) is 7.50. The summed E-state index contributed by atoms with van der Waals surface area (Å²) < 4.78 is 27.8. The number of rotatable bonds is 5. The van der Waals surface area contributed by atoms with E-state index in [0.29, 0.717) is 28.9 Å². The highest BCUT2D eigenvalue weighted by atomic mass is 32.2. The number of sulfonamides is 1. The molecule has 2 saturated heterocycles. The van der Waals surface area contributed by atoms with Gasteiger partial charge >= 0.3 is 0 Å². The van der Waals surface area contributed by atoms with E-state index in [1.54, 1.807) is 24.3 Å². The summed E-state index contributed by atoms with van der Waals surface area (Å²) in [5.74, 6) is 2.12. The minimum atomic E-state index is -3.53. The molecule has 8 heteroatoms. The van der Waals surface area contributed by atoms with Crippen molar-refractivity contribution in [1.82, 2.24) is 4.31 Å². The van der Waals surface area contributed by atoms with Crippen molar-refractivity contribution in [3.8, 4) is 0 Å². The molecule has 2 fully saturated rings. The lowest BCUT2D eigenvalue weighted by Gasteiger charge is -2.26. The van der Waals surface area contributed by atoms with Crippen molar-refractivity contribution < 1.29 is 13.2 Å². The minimum absolute atomic E-state index is 0.226. The maximum atomic E-state index is 12.9. The first-order chi connectivity index (χ1) is 14.5. The molecule has 2 aromatic carbocycles. The van der Waals surface area contributed by atoms with Crippen LogP contribution in [0, 0.1) is 0 Å². The van der Waals surface area contributed by atoms with Gasteiger partial charge in [0.25, 0.3) is 5.91 Å². The Hall–Kier alpha value is -1.48. The Bertz CT molecular complexity index is 981. The smallest absolute Gasteiger partial charge is 0.255 e. The molecule has 30 heavy (non-hydrogen) atoms. The maximum Gasteiger partial charge on any atom is 0.255 e. The fraction of sp³-hybridized carbons (Fsp3) is 0.409. The van der Waals surface area contributed by atoms with Crippen molar-refractivity contribution in [3.63, 3.8) is 0 Å². The molecule has 0 atom stereocenters. The molecule has 2 heterocycles. The van der Waals surface area contributed by atoms with E-state index in [1.807, 2.05) is 47.8 Å². The van der Waals surface area contributed by atoms with E-state index in [9.17, 15) is 13.2 Å². The zero-order valence-corrected chi connectivity index (χ0v) is 19.2. The van der Waals surface area contributed by atoms with Gasteiger partial charge in [-0.15, -0.1) is 23.5 Å². The second kappa shape index (κ2) is 9.77. The van der Waals surface area contributed by atoms with Gasteiger partial charge in [-0.25, -0.2) is 8.42 Å². The van der Waals surface area contributed by atoms with E-state index in [4.69, 9.17) is 0 Å². The molecule has 0 aliphatic carbocycles. The van der Waals surface area contributed by atoms with Crippen LogP contribution in [0.25, 0.3) is 0 Å². The Morgan fingerprint density at radius 1 is 0.933 bits per heavy atom. The Balaban J connectivity index is 1.45. The lowest BCUT2D eigenvalue weighted by molar-refractivity contribution is 0.102. The first-order valence-corrected chi connectivity index (χ1v) is 13.8. The predicted molar refractivity (Wildman–Crippen MR) is 126 cm³/mol. The first kappa shape index (κ1) is 21.7. The third-order valence-corrected chi connectivity index (χ3v) is 10.2. The molecule has 0 radical (unpaired) electrons. The number of nitrogens with one attached hydrogen (secondary N) is 1. The largest absolute Gasteiger partial charge is 0.322 e. The molecular weight excluding hydrogens is 436 g/mol. The van der Waals surface area contributed by atoms with E-state index in [2.05, 4.69) is 5.32 Å². The number of piperidine rings is 1. The summed E-state index contributed by atoms with van der Waals surface area (Å²) in [5, 5.41) is 2.84. The molecule has 0 saturated carbocycles. The van der Waals surface area contributed by atoms with Gasteiger partial charge in [0.1, 0.15) is 0 Å². The van der Waals surface area contributed by atoms with Gasteiger partial charge in [-0.1, -0.05) is 24.6 Å². The normalized spacial score (nSPS) is 18.8. The summed E-state index contributed by atoms with van der Waals surface area (Å²) in [4.78, 5) is 12.9. The van der Waals surface area contributed by atoms with Crippen LogP contribution < -0.4 is 5.32 Å². The van der Waals surface area contributed by atoms with Crippen molar-refractivity contribution in [2.75, 3.05) is 29.9 Å². The summed E-state index contributed by atoms with van der Waals surface area (Å²) in [7, 11) is -3.53. The third kappa shape index (κ3) is 5.04. The zero-order chi connectivity index (χ0) is 21.0. The maximum absolute atomic E-state index is 12.9. The fourth-order valence-corrected chi connectivity index (χ4v) is 8.12. The molecular formula is C22H26N2O3S3. The molecule has 2 aromatic rings. The van der Waals surface area contributed by atoms with Crippen LogP contribution in [0.2, 0.25) is 0 Å². The van der Waals surface area contributed by atoms with E-state index in [1.165, 1.54) is 27.8 Å². The summed E-state index contributed by atoms with van der Waals surface area (Å²) >= 11 is 3.90.